The largest absolute Gasteiger partial charge is 0.390 e. The molecule has 1 aromatic rings. The molecule has 0 bridgehead atoms. The van der Waals surface area contributed by atoms with E-state index < -0.39 is 0 Å². The third-order valence-electron chi connectivity index (χ3n) is 1.49. The van der Waals surface area contributed by atoms with Gasteiger partial charge in [-0.1, -0.05) is 30.3 Å². The van der Waals surface area contributed by atoms with Crippen LogP contribution < -0.4 is 5.73 Å². The number of aliphatic hydroxyl groups is 1. The Morgan fingerprint density at radius 1 is 1.30 bits per heavy atom. The molecule has 0 spiro atoms. The Morgan fingerprint density at radius 3 is 2.40 bits per heavy atom. The first-order valence-corrected chi connectivity index (χ1v) is 3.33. The fourth-order valence-electron chi connectivity index (χ4n) is 0.831. The minimum atomic E-state index is 0.0150. The van der Waals surface area contributed by atoms with Crippen LogP contribution in [-0.2, 0) is 0 Å². The van der Waals surface area contributed by atoms with Crippen LogP contribution in [0.2, 0.25) is 0 Å². The number of aliphatic hydroxyl groups excluding tert-OH is 1. The molecule has 4 N–H and O–H groups in total. The minimum absolute atomic E-state index is 0.0150. The van der Waals surface area contributed by atoms with Gasteiger partial charge < -0.3 is 10.8 Å². The van der Waals surface area contributed by atoms with Crippen LogP contribution in [0.25, 0.3) is 0 Å². The fraction of sp³-hybridized carbons (Fsp3) is 0.250. The molecule has 0 aliphatic rings. The van der Waals surface area contributed by atoms with E-state index in [-0.39, 0.29) is 12.6 Å². The Labute approximate surface area is 60.3 Å². The average molecular weight is 138 g/mol. The van der Waals surface area contributed by atoms with Gasteiger partial charge in [-0.3, -0.25) is 0 Å². The Bertz CT molecular complexity index is 186. The van der Waals surface area contributed by atoms with Crippen molar-refractivity contribution in [3.8, 4) is 0 Å². The van der Waals surface area contributed by atoms with Gasteiger partial charge in [-0.2, -0.15) is 0 Å². The zero-order valence-corrected chi connectivity index (χ0v) is 5.83. The van der Waals surface area contributed by atoms with Crippen LogP contribution in [0, 0.1) is 0 Å². The topological polar surface area (TPSA) is 47.9 Å². The van der Waals surface area contributed by atoms with Crippen LogP contribution in [0.4, 0.5) is 0 Å². The van der Waals surface area contributed by atoms with Crippen molar-refractivity contribution in [1.29, 1.82) is 0 Å². The number of hydrogen-bond donors (Lipinski definition) is 2. The molecule has 0 aromatic heterocycles. The van der Waals surface area contributed by atoms with Crippen molar-refractivity contribution in [2.24, 2.45) is 0 Å². The van der Waals surface area contributed by atoms with Crippen LogP contribution in [-0.4, -0.2) is 11.7 Å². The van der Waals surface area contributed by atoms with Gasteiger partial charge in [-0.05, 0) is 0 Å². The molecule has 0 heterocycles. The molecular formula is C8H12NO+. The van der Waals surface area contributed by atoms with Gasteiger partial charge >= 0.3 is 0 Å². The minimum Gasteiger partial charge on any atom is -0.390 e. The highest BCUT2D eigenvalue weighted by Crippen LogP contribution is 2.05. The molecule has 0 saturated carbocycles. The third kappa shape index (κ3) is 1.56. The number of hydrogen-bond acceptors (Lipinski definition) is 1. The molecule has 0 saturated heterocycles. The summed E-state index contributed by atoms with van der Waals surface area (Å²) in [4.78, 5) is 0. The Kier molecular flexibility index (Phi) is 2.42. The molecule has 10 heavy (non-hydrogen) atoms. The first kappa shape index (κ1) is 7.25. The van der Waals surface area contributed by atoms with Crippen molar-refractivity contribution in [3.05, 3.63) is 35.9 Å². The SMILES string of the molecule is [NH3+]C(CO)c1ccccc1. The predicted octanol–water partition coefficient (Wildman–Crippen LogP) is -0.0381. The van der Waals surface area contributed by atoms with Gasteiger partial charge in [0.2, 0.25) is 0 Å². The third-order valence-corrected chi connectivity index (χ3v) is 1.49. The lowest BCUT2D eigenvalue weighted by Crippen LogP contribution is -2.55. The van der Waals surface area contributed by atoms with Crippen LogP contribution in [0.1, 0.15) is 11.6 Å². The summed E-state index contributed by atoms with van der Waals surface area (Å²) >= 11 is 0. The quantitative estimate of drug-likeness (QED) is 0.592. The van der Waals surface area contributed by atoms with Crippen LogP contribution in [0.3, 0.4) is 0 Å². The molecule has 1 rings (SSSR count). The lowest BCUT2D eigenvalue weighted by atomic mass is 10.1. The van der Waals surface area contributed by atoms with E-state index in [1.54, 1.807) is 0 Å². The molecule has 0 radical (unpaired) electrons. The van der Waals surface area contributed by atoms with Crippen molar-refractivity contribution >= 4 is 0 Å². The normalized spacial score (nSPS) is 13.0. The standard InChI is InChI=1S/C8H11NO/c9-8(6-10)7-4-2-1-3-5-7/h1-5,8,10H,6,9H2/p+1. The molecule has 2 heteroatoms. The molecule has 0 amide bonds. The second-order valence-electron chi connectivity index (χ2n) is 2.29. The summed E-state index contributed by atoms with van der Waals surface area (Å²) in [5.74, 6) is 0. The fourth-order valence-corrected chi connectivity index (χ4v) is 0.831. The van der Waals surface area contributed by atoms with E-state index >= 15 is 0 Å². The molecule has 1 unspecified atom stereocenters. The van der Waals surface area contributed by atoms with Gasteiger partial charge in [0, 0.05) is 5.56 Å². The van der Waals surface area contributed by atoms with Crippen molar-refractivity contribution in [1.82, 2.24) is 0 Å². The molecule has 0 aliphatic carbocycles. The van der Waals surface area contributed by atoms with Gasteiger partial charge in [-0.25, -0.2) is 0 Å². The van der Waals surface area contributed by atoms with Crippen molar-refractivity contribution < 1.29 is 10.8 Å². The number of rotatable bonds is 2. The second kappa shape index (κ2) is 3.34. The highest BCUT2D eigenvalue weighted by Gasteiger charge is 2.04. The average Bonchev–Trinajstić information content (AvgIpc) is 2.05. The Balaban J connectivity index is 2.75. The number of quaternary nitrogens is 1. The molecule has 54 valence electrons. The molecule has 0 fully saturated rings. The summed E-state index contributed by atoms with van der Waals surface area (Å²) in [6.07, 6.45) is 0. The van der Waals surface area contributed by atoms with Gasteiger partial charge in [0.1, 0.15) is 6.04 Å². The maximum atomic E-state index is 8.73. The van der Waals surface area contributed by atoms with Crippen molar-refractivity contribution in [3.63, 3.8) is 0 Å². The van der Waals surface area contributed by atoms with E-state index in [1.165, 1.54) is 0 Å². The maximum Gasteiger partial charge on any atom is 0.133 e. The van der Waals surface area contributed by atoms with Crippen molar-refractivity contribution in [2.45, 2.75) is 6.04 Å². The van der Waals surface area contributed by atoms with Crippen LogP contribution in [0.15, 0.2) is 30.3 Å². The lowest BCUT2D eigenvalue weighted by molar-refractivity contribution is -0.432. The van der Waals surface area contributed by atoms with Gasteiger partial charge in [0.05, 0.1) is 6.61 Å². The summed E-state index contributed by atoms with van der Waals surface area (Å²) in [5.41, 5.74) is 4.86. The van der Waals surface area contributed by atoms with Crippen molar-refractivity contribution in [2.75, 3.05) is 6.61 Å². The summed E-state index contributed by atoms with van der Waals surface area (Å²) in [6.45, 7) is 0.115. The van der Waals surface area contributed by atoms with E-state index in [2.05, 4.69) is 5.73 Å². The van der Waals surface area contributed by atoms with E-state index in [0.717, 1.165) is 5.56 Å². The highest BCUT2D eigenvalue weighted by molar-refractivity contribution is 5.16. The second-order valence-corrected chi connectivity index (χ2v) is 2.29. The Hall–Kier alpha value is -0.860. The van der Waals surface area contributed by atoms with Gasteiger partial charge in [0.15, 0.2) is 0 Å². The Morgan fingerprint density at radius 2 is 1.90 bits per heavy atom. The monoisotopic (exact) mass is 138 g/mol. The smallest absolute Gasteiger partial charge is 0.133 e. The van der Waals surface area contributed by atoms with Gasteiger partial charge in [-0.15, -0.1) is 0 Å². The predicted molar refractivity (Wildman–Crippen MR) is 39.2 cm³/mol. The number of benzene rings is 1. The lowest BCUT2D eigenvalue weighted by Gasteiger charge is -2.02. The van der Waals surface area contributed by atoms with E-state index in [1.807, 2.05) is 30.3 Å². The highest BCUT2D eigenvalue weighted by atomic mass is 16.3. The summed E-state index contributed by atoms with van der Waals surface area (Å²) in [5, 5.41) is 8.73. The zero-order chi connectivity index (χ0) is 7.40. The molecule has 0 aliphatic heterocycles. The molecular weight excluding hydrogens is 126 g/mol. The summed E-state index contributed by atoms with van der Waals surface area (Å²) in [7, 11) is 0. The first-order chi connectivity index (χ1) is 4.84. The van der Waals surface area contributed by atoms with Crippen LogP contribution >= 0.6 is 0 Å². The zero-order valence-electron chi connectivity index (χ0n) is 5.83. The molecule has 1 atom stereocenters. The molecule has 2 nitrogen and oxygen atoms in total. The maximum absolute atomic E-state index is 8.73. The van der Waals surface area contributed by atoms with Gasteiger partial charge in [0.25, 0.3) is 0 Å². The van der Waals surface area contributed by atoms with E-state index in [4.69, 9.17) is 5.11 Å². The van der Waals surface area contributed by atoms with Crippen LogP contribution in [0.5, 0.6) is 0 Å². The summed E-state index contributed by atoms with van der Waals surface area (Å²) in [6, 6.07) is 9.79. The summed E-state index contributed by atoms with van der Waals surface area (Å²) < 4.78 is 0. The first-order valence-electron chi connectivity index (χ1n) is 3.33. The van der Waals surface area contributed by atoms with E-state index in [9.17, 15) is 0 Å². The van der Waals surface area contributed by atoms with E-state index in [0.29, 0.717) is 0 Å². The molecule has 1 aromatic carbocycles.